The van der Waals surface area contributed by atoms with E-state index in [1.807, 2.05) is 6.07 Å². The minimum atomic E-state index is -0.401. The Hall–Kier alpha value is -1.40. The lowest BCUT2D eigenvalue weighted by molar-refractivity contribution is -0.124. The molecule has 1 aromatic heterocycles. The molecule has 6 heteroatoms. The average Bonchev–Trinajstić information content (AvgIpc) is 3.17. The fourth-order valence-electron chi connectivity index (χ4n) is 2.72. The summed E-state index contributed by atoms with van der Waals surface area (Å²) in [4.78, 5) is 25.4. The zero-order chi connectivity index (χ0) is 14.7. The second kappa shape index (κ2) is 6.58. The van der Waals surface area contributed by atoms with Gasteiger partial charge in [0.2, 0.25) is 0 Å². The normalized spacial score (nSPS) is 20.3. The molecule has 21 heavy (non-hydrogen) atoms. The number of amides is 1. The third kappa shape index (κ3) is 3.63. The van der Waals surface area contributed by atoms with Crippen molar-refractivity contribution in [3.63, 3.8) is 0 Å². The van der Waals surface area contributed by atoms with E-state index in [0.29, 0.717) is 11.4 Å². The second-order valence-corrected chi connectivity index (χ2v) is 6.56. The first-order chi connectivity index (χ1) is 10.2. The Morgan fingerprint density at radius 2 is 2.29 bits per heavy atom. The van der Waals surface area contributed by atoms with E-state index in [1.54, 1.807) is 0 Å². The maximum absolute atomic E-state index is 11.9. The number of rotatable bonds is 5. The van der Waals surface area contributed by atoms with Crippen molar-refractivity contribution in [1.29, 1.82) is 0 Å². The lowest BCUT2D eigenvalue weighted by Crippen LogP contribution is -2.34. The molecular weight excluding hydrogens is 290 g/mol. The van der Waals surface area contributed by atoms with Crippen LogP contribution in [0.25, 0.3) is 0 Å². The van der Waals surface area contributed by atoms with Crippen molar-refractivity contribution in [2.75, 3.05) is 19.8 Å². The number of hydrogen-bond donors (Lipinski definition) is 1. The van der Waals surface area contributed by atoms with Gasteiger partial charge in [0.15, 0.2) is 6.61 Å². The summed E-state index contributed by atoms with van der Waals surface area (Å²) in [5, 5.41) is 2.73. The highest BCUT2D eigenvalue weighted by molar-refractivity contribution is 7.14. The molecule has 0 spiro atoms. The van der Waals surface area contributed by atoms with E-state index in [-0.39, 0.29) is 18.6 Å². The Bertz CT molecular complexity index is 512. The topological polar surface area (TPSA) is 64.6 Å². The predicted octanol–water partition coefficient (Wildman–Crippen LogP) is 1.69. The molecule has 2 heterocycles. The van der Waals surface area contributed by atoms with Crippen LogP contribution in [-0.4, -0.2) is 37.7 Å². The number of carbonyl (C=O) groups excluding carboxylic acids is 2. The van der Waals surface area contributed by atoms with Crippen LogP contribution in [0, 0.1) is 0 Å². The quantitative estimate of drug-likeness (QED) is 0.841. The molecule has 114 valence electrons. The number of thiophene rings is 1. The Morgan fingerprint density at radius 1 is 1.38 bits per heavy atom. The summed E-state index contributed by atoms with van der Waals surface area (Å²) in [5.74, 6) is -0.676. The fourth-order valence-corrected chi connectivity index (χ4v) is 3.86. The van der Waals surface area contributed by atoms with Crippen LogP contribution < -0.4 is 5.32 Å². The molecule has 1 aliphatic heterocycles. The highest BCUT2D eigenvalue weighted by Gasteiger charge is 2.20. The van der Waals surface area contributed by atoms with E-state index in [1.165, 1.54) is 28.2 Å². The van der Waals surface area contributed by atoms with Crippen molar-refractivity contribution in [3.05, 3.63) is 21.4 Å². The lowest BCUT2D eigenvalue weighted by atomic mass is 10.2. The van der Waals surface area contributed by atoms with E-state index in [2.05, 4.69) is 5.32 Å². The molecule has 1 saturated heterocycles. The zero-order valence-corrected chi connectivity index (χ0v) is 12.7. The van der Waals surface area contributed by atoms with E-state index in [4.69, 9.17) is 9.47 Å². The highest BCUT2D eigenvalue weighted by Crippen LogP contribution is 2.30. The summed E-state index contributed by atoms with van der Waals surface area (Å²) in [5.41, 5.74) is 1.26. The van der Waals surface area contributed by atoms with E-state index >= 15 is 0 Å². The standard InChI is InChI=1S/C15H19NO4S/c17-14(16-8-11-4-2-6-19-11)9-20-15(18)13-7-10-3-1-5-12(10)21-13/h7,11H,1-6,8-9H2,(H,16,17)/t11-/m1/s1. The SMILES string of the molecule is O=C(COC(=O)c1cc2c(s1)CCC2)NC[C@H]1CCCO1. The van der Waals surface area contributed by atoms with Gasteiger partial charge in [-0.15, -0.1) is 11.3 Å². The van der Waals surface area contributed by atoms with Gasteiger partial charge < -0.3 is 14.8 Å². The van der Waals surface area contributed by atoms with Crippen LogP contribution in [0.1, 0.15) is 39.4 Å². The number of esters is 1. The predicted molar refractivity (Wildman–Crippen MR) is 78.6 cm³/mol. The minimum absolute atomic E-state index is 0.102. The van der Waals surface area contributed by atoms with E-state index < -0.39 is 5.97 Å². The van der Waals surface area contributed by atoms with Gasteiger partial charge in [-0.1, -0.05) is 0 Å². The molecule has 3 rings (SSSR count). The smallest absolute Gasteiger partial charge is 0.348 e. The third-order valence-electron chi connectivity index (χ3n) is 3.83. The van der Waals surface area contributed by atoms with Crippen molar-refractivity contribution in [3.8, 4) is 0 Å². The molecule has 0 unspecified atom stereocenters. The fraction of sp³-hybridized carbons (Fsp3) is 0.600. The molecule has 0 aromatic carbocycles. The van der Waals surface area contributed by atoms with Crippen LogP contribution in [0.3, 0.4) is 0 Å². The number of ether oxygens (including phenoxy) is 2. The number of nitrogens with one attached hydrogen (secondary N) is 1. The number of carbonyl (C=O) groups is 2. The molecule has 1 amide bonds. The largest absolute Gasteiger partial charge is 0.451 e. The summed E-state index contributed by atoms with van der Waals surface area (Å²) in [6.45, 7) is 1.02. The summed E-state index contributed by atoms with van der Waals surface area (Å²) < 4.78 is 10.5. The van der Waals surface area contributed by atoms with Crippen molar-refractivity contribution in [2.45, 2.75) is 38.2 Å². The van der Waals surface area contributed by atoms with Crippen molar-refractivity contribution in [2.24, 2.45) is 0 Å². The Morgan fingerprint density at radius 3 is 3.05 bits per heavy atom. The first-order valence-electron chi connectivity index (χ1n) is 7.39. The van der Waals surface area contributed by atoms with Gasteiger partial charge in [-0.25, -0.2) is 4.79 Å². The van der Waals surface area contributed by atoms with Crippen LogP contribution in [0.4, 0.5) is 0 Å². The van der Waals surface area contributed by atoms with E-state index in [0.717, 1.165) is 32.3 Å². The second-order valence-electron chi connectivity index (χ2n) is 5.43. The van der Waals surface area contributed by atoms with Crippen LogP contribution in [0.15, 0.2) is 6.07 Å². The first kappa shape index (κ1) is 14.5. The molecule has 1 fully saturated rings. The highest BCUT2D eigenvalue weighted by atomic mass is 32.1. The summed E-state index contributed by atoms with van der Waals surface area (Å²) in [6, 6.07) is 1.90. The molecule has 0 bridgehead atoms. The van der Waals surface area contributed by atoms with Crippen molar-refractivity contribution in [1.82, 2.24) is 5.32 Å². The van der Waals surface area contributed by atoms with Crippen LogP contribution in [0.5, 0.6) is 0 Å². The van der Waals surface area contributed by atoms with Gasteiger partial charge >= 0.3 is 5.97 Å². The third-order valence-corrected chi connectivity index (χ3v) is 5.05. The van der Waals surface area contributed by atoms with Gasteiger partial charge in [0, 0.05) is 18.0 Å². The lowest BCUT2D eigenvalue weighted by Gasteiger charge is -2.10. The van der Waals surface area contributed by atoms with Gasteiger partial charge in [0.05, 0.1) is 6.10 Å². The summed E-state index contributed by atoms with van der Waals surface area (Å²) in [6.07, 6.45) is 5.38. The Balaban J connectivity index is 1.41. The van der Waals surface area contributed by atoms with Gasteiger partial charge in [0.1, 0.15) is 4.88 Å². The Labute approximate surface area is 127 Å². The van der Waals surface area contributed by atoms with Gasteiger partial charge in [0.25, 0.3) is 5.91 Å². The zero-order valence-electron chi connectivity index (χ0n) is 11.9. The van der Waals surface area contributed by atoms with Gasteiger partial charge in [-0.3, -0.25) is 4.79 Å². The average molecular weight is 309 g/mol. The van der Waals surface area contributed by atoms with Crippen molar-refractivity contribution >= 4 is 23.2 Å². The monoisotopic (exact) mass is 309 g/mol. The molecule has 1 aromatic rings. The maximum atomic E-state index is 11.9. The van der Waals surface area contributed by atoms with Crippen LogP contribution in [-0.2, 0) is 27.1 Å². The summed E-state index contributed by atoms with van der Waals surface area (Å²) >= 11 is 1.49. The number of hydrogen-bond acceptors (Lipinski definition) is 5. The van der Waals surface area contributed by atoms with Crippen LogP contribution in [0.2, 0.25) is 0 Å². The number of fused-ring (bicyclic) bond motifs is 1. The molecule has 0 radical (unpaired) electrons. The first-order valence-corrected chi connectivity index (χ1v) is 8.21. The minimum Gasteiger partial charge on any atom is -0.451 e. The van der Waals surface area contributed by atoms with Crippen molar-refractivity contribution < 1.29 is 19.1 Å². The van der Waals surface area contributed by atoms with Gasteiger partial charge in [-0.2, -0.15) is 0 Å². The molecule has 0 saturated carbocycles. The van der Waals surface area contributed by atoms with E-state index in [9.17, 15) is 9.59 Å². The molecule has 5 nitrogen and oxygen atoms in total. The van der Waals surface area contributed by atoms with Crippen LogP contribution >= 0.6 is 11.3 Å². The Kier molecular flexibility index (Phi) is 4.55. The molecule has 1 aliphatic carbocycles. The number of aryl methyl sites for hydroxylation is 2. The molecule has 1 atom stereocenters. The molecular formula is C15H19NO4S. The maximum Gasteiger partial charge on any atom is 0.348 e. The molecule has 2 aliphatic rings. The molecule has 1 N–H and O–H groups in total. The summed E-state index contributed by atoms with van der Waals surface area (Å²) in [7, 11) is 0. The van der Waals surface area contributed by atoms with Gasteiger partial charge in [-0.05, 0) is 43.7 Å².